The zero-order valence-electron chi connectivity index (χ0n) is 13.3. The van der Waals surface area contributed by atoms with Crippen LogP contribution in [-0.4, -0.2) is 27.3 Å². The summed E-state index contributed by atoms with van der Waals surface area (Å²) in [5.41, 5.74) is 1.98. The highest BCUT2D eigenvalue weighted by Gasteiger charge is 2.34. The summed E-state index contributed by atoms with van der Waals surface area (Å²) in [6.45, 7) is 0. The van der Waals surface area contributed by atoms with Gasteiger partial charge in [0.25, 0.3) is 0 Å². The molecule has 1 aromatic carbocycles. The van der Waals surface area contributed by atoms with Crippen LogP contribution in [-0.2, 0) is 29.3 Å². The fraction of sp³-hybridized carbons (Fsp3) is 0.562. The molecule has 0 heterocycles. The number of carbonyl (C=O) groups is 1. The summed E-state index contributed by atoms with van der Waals surface area (Å²) in [6.07, 6.45) is 2.89. The summed E-state index contributed by atoms with van der Waals surface area (Å²) < 4.78 is 27.0. The SMILES string of the molecule is COC(=O)C[C@H](c1cccc(CP(=O)(OC)OC)c1)C1CC1. The fourth-order valence-electron chi connectivity index (χ4n) is 2.67. The molecule has 1 saturated carbocycles. The molecule has 22 heavy (non-hydrogen) atoms. The number of carbonyl (C=O) groups excluding carboxylic acids is 1. The number of hydrogen-bond donors (Lipinski definition) is 0. The smallest absolute Gasteiger partial charge is 0.334 e. The number of rotatable bonds is 8. The van der Waals surface area contributed by atoms with Gasteiger partial charge >= 0.3 is 13.6 Å². The fourth-order valence-corrected chi connectivity index (χ4v) is 3.72. The van der Waals surface area contributed by atoms with Crippen molar-refractivity contribution in [3.8, 4) is 0 Å². The van der Waals surface area contributed by atoms with E-state index in [9.17, 15) is 9.36 Å². The van der Waals surface area contributed by atoms with Crippen LogP contribution in [0.4, 0.5) is 0 Å². The van der Waals surface area contributed by atoms with Gasteiger partial charge in [-0.3, -0.25) is 9.36 Å². The highest BCUT2D eigenvalue weighted by molar-refractivity contribution is 7.52. The second-order valence-corrected chi connectivity index (χ2v) is 7.87. The minimum atomic E-state index is -3.09. The van der Waals surface area contributed by atoms with Crippen LogP contribution in [0, 0.1) is 5.92 Å². The highest BCUT2D eigenvalue weighted by atomic mass is 31.2. The third-order valence-corrected chi connectivity index (χ3v) is 5.98. The van der Waals surface area contributed by atoms with Crippen LogP contribution in [0.3, 0.4) is 0 Å². The van der Waals surface area contributed by atoms with Gasteiger partial charge in [0.05, 0.1) is 19.7 Å². The van der Waals surface area contributed by atoms with Gasteiger partial charge in [-0.25, -0.2) is 0 Å². The van der Waals surface area contributed by atoms with Gasteiger partial charge < -0.3 is 13.8 Å². The molecule has 0 amide bonds. The molecule has 0 aliphatic heterocycles. The summed E-state index contributed by atoms with van der Waals surface area (Å²) in [6, 6.07) is 7.83. The van der Waals surface area contributed by atoms with Gasteiger partial charge in [0, 0.05) is 14.2 Å². The Kier molecular flexibility index (Phi) is 5.79. The Morgan fingerprint density at radius 1 is 1.27 bits per heavy atom. The molecular weight excluding hydrogens is 303 g/mol. The summed E-state index contributed by atoms with van der Waals surface area (Å²) in [4.78, 5) is 11.6. The zero-order valence-corrected chi connectivity index (χ0v) is 14.2. The molecule has 1 aliphatic carbocycles. The first-order valence-corrected chi connectivity index (χ1v) is 9.10. The molecule has 0 bridgehead atoms. The molecular formula is C16H23O5P. The van der Waals surface area contributed by atoms with E-state index in [2.05, 4.69) is 0 Å². The Bertz CT molecular complexity index is 559. The molecule has 5 nitrogen and oxygen atoms in total. The molecule has 2 rings (SSSR count). The lowest BCUT2D eigenvalue weighted by atomic mass is 9.90. The van der Waals surface area contributed by atoms with Gasteiger partial charge in [-0.15, -0.1) is 0 Å². The van der Waals surface area contributed by atoms with Crippen molar-refractivity contribution in [3.63, 3.8) is 0 Å². The molecule has 0 N–H and O–H groups in total. The van der Waals surface area contributed by atoms with Crippen LogP contribution in [0.15, 0.2) is 24.3 Å². The average Bonchev–Trinajstić information content (AvgIpc) is 3.37. The van der Waals surface area contributed by atoms with Gasteiger partial charge in [-0.2, -0.15) is 0 Å². The van der Waals surface area contributed by atoms with E-state index in [0.717, 1.165) is 24.0 Å². The van der Waals surface area contributed by atoms with E-state index in [1.54, 1.807) is 0 Å². The number of ether oxygens (including phenoxy) is 1. The minimum Gasteiger partial charge on any atom is -0.469 e. The second-order valence-electron chi connectivity index (χ2n) is 5.60. The van der Waals surface area contributed by atoms with Crippen LogP contribution in [0.2, 0.25) is 0 Å². The summed E-state index contributed by atoms with van der Waals surface area (Å²) >= 11 is 0. The maximum atomic E-state index is 12.3. The van der Waals surface area contributed by atoms with Crippen molar-refractivity contribution in [1.82, 2.24) is 0 Å². The van der Waals surface area contributed by atoms with E-state index in [1.807, 2.05) is 24.3 Å². The molecule has 0 aromatic heterocycles. The third kappa shape index (κ3) is 4.42. The van der Waals surface area contributed by atoms with Crippen molar-refractivity contribution in [1.29, 1.82) is 0 Å². The molecule has 0 spiro atoms. The number of hydrogen-bond acceptors (Lipinski definition) is 5. The molecule has 6 heteroatoms. The van der Waals surface area contributed by atoms with Crippen LogP contribution >= 0.6 is 7.60 Å². The van der Waals surface area contributed by atoms with Crippen molar-refractivity contribution in [2.24, 2.45) is 5.92 Å². The Hall–Kier alpha value is -1.16. The lowest BCUT2D eigenvalue weighted by Gasteiger charge is -2.18. The summed E-state index contributed by atoms with van der Waals surface area (Å²) in [5, 5.41) is 0. The van der Waals surface area contributed by atoms with Crippen molar-refractivity contribution < 1.29 is 23.1 Å². The van der Waals surface area contributed by atoms with Crippen LogP contribution in [0.1, 0.15) is 36.3 Å². The molecule has 122 valence electrons. The second kappa shape index (κ2) is 7.40. The molecule has 1 aliphatic rings. The molecule has 1 atom stereocenters. The molecule has 1 fully saturated rings. The van der Waals surface area contributed by atoms with E-state index >= 15 is 0 Å². The molecule has 0 saturated heterocycles. The van der Waals surface area contributed by atoms with E-state index in [-0.39, 0.29) is 18.0 Å². The first kappa shape index (κ1) is 17.2. The van der Waals surface area contributed by atoms with Gasteiger partial charge in [0.1, 0.15) is 0 Å². The highest BCUT2D eigenvalue weighted by Crippen LogP contribution is 2.50. The van der Waals surface area contributed by atoms with Crippen molar-refractivity contribution in [3.05, 3.63) is 35.4 Å². The maximum absolute atomic E-state index is 12.3. The first-order valence-electron chi connectivity index (χ1n) is 7.37. The number of methoxy groups -OCH3 is 1. The third-order valence-electron chi connectivity index (χ3n) is 4.12. The van der Waals surface area contributed by atoms with E-state index in [1.165, 1.54) is 21.3 Å². The van der Waals surface area contributed by atoms with Crippen molar-refractivity contribution >= 4 is 13.6 Å². The zero-order chi connectivity index (χ0) is 16.2. The average molecular weight is 326 g/mol. The lowest BCUT2D eigenvalue weighted by Crippen LogP contribution is -2.10. The van der Waals surface area contributed by atoms with Crippen LogP contribution in [0.5, 0.6) is 0 Å². The van der Waals surface area contributed by atoms with Gasteiger partial charge in [0.15, 0.2) is 0 Å². The topological polar surface area (TPSA) is 61.8 Å². The van der Waals surface area contributed by atoms with E-state index in [4.69, 9.17) is 13.8 Å². The first-order chi connectivity index (χ1) is 10.5. The Morgan fingerprint density at radius 3 is 2.50 bits per heavy atom. The van der Waals surface area contributed by atoms with E-state index in [0.29, 0.717) is 12.3 Å². The van der Waals surface area contributed by atoms with E-state index < -0.39 is 7.60 Å². The largest absolute Gasteiger partial charge is 0.469 e. The molecule has 1 aromatic rings. The monoisotopic (exact) mass is 326 g/mol. The minimum absolute atomic E-state index is 0.164. The Balaban J connectivity index is 2.18. The molecule has 0 unspecified atom stereocenters. The lowest BCUT2D eigenvalue weighted by molar-refractivity contribution is -0.141. The predicted octanol–water partition coefficient (Wildman–Crippen LogP) is 3.73. The summed E-state index contributed by atoms with van der Waals surface area (Å²) in [7, 11) is 1.10. The quantitative estimate of drug-likeness (QED) is 0.538. The summed E-state index contributed by atoms with van der Waals surface area (Å²) in [5.74, 6) is 0.504. The van der Waals surface area contributed by atoms with Gasteiger partial charge in [-0.1, -0.05) is 24.3 Å². The maximum Gasteiger partial charge on any atom is 0.334 e. The number of esters is 1. The van der Waals surface area contributed by atoms with Gasteiger partial charge in [0.2, 0.25) is 0 Å². The number of benzene rings is 1. The Labute approximate surface area is 131 Å². The van der Waals surface area contributed by atoms with Crippen LogP contribution in [0.25, 0.3) is 0 Å². The van der Waals surface area contributed by atoms with Crippen LogP contribution < -0.4 is 0 Å². The van der Waals surface area contributed by atoms with Gasteiger partial charge in [-0.05, 0) is 35.8 Å². The normalized spacial score (nSPS) is 16.3. The van der Waals surface area contributed by atoms with Crippen molar-refractivity contribution in [2.75, 3.05) is 21.3 Å². The Morgan fingerprint density at radius 2 is 1.95 bits per heavy atom. The van der Waals surface area contributed by atoms with Crippen molar-refractivity contribution in [2.45, 2.75) is 31.3 Å². The molecule has 0 radical (unpaired) electrons. The predicted molar refractivity (Wildman–Crippen MR) is 83.9 cm³/mol. The standard InChI is InChI=1S/C16H23O5P/c1-19-16(17)10-15(13-7-8-13)14-6-4-5-12(9-14)11-22(18,20-2)21-3/h4-6,9,13,15H,7-8,10-11H2,1-3H3/t15-/m0/s1.